The lowest BCUT2D eigenvalue weighted by Gasteiger charge is -2.16. The largest absolute Gasteiger partial charge is 0.508 e. The number of rotatable bonds is 5. The molecule has 8 nitrogen and oxygen atoms in total. The van der Waals surface area contributed by atoms with E-state index in [0.29, 0.717) is 35.1 Å². The molecule has 1 saturated heterocycles. The Kier molecular flexibility index (Phi) is 5.64. The van der Waals surface area contributed by atoms with Crippen molar-refractivity contribution in [2.75, 3.05) is 25.5 Å². The average molecular weight is 420 g/mol. The van der Waals surface area contributed by atoms with Crippen LogP contribution in [0.15, 0.2) is 59.5 Å². The molecule has 0 saturated carbocycles. The molecule has 31 heavy (non-hydrogen) atoms. The van der Waals surface area contributed by atoms with Crippen molar-refractivity contribution in [2.24, 2.45) is 5.73 Å². The summed E-state index contributed by atoms with van der Waals surface area (Å²) in [5.41, 5.74) is 8.26. The number of pyridine rings is 1. The number of methoxy groups -OCH3 is 1. The molecule has 0 spiro atoms. The van der Waals surface area contributed by atoms with E-state index in [2.05, 4.69) is 10.3 Å². The van der Waals surface area contributed by atoms with Crippen molar-refractivity contribution in [1.82, 2.24) is 9.88 Å². The topological polar surface area (TPSA) is 121 Å². The quantitative estimate of drug-likeness (QED) is 0.503. The molecule has 8 heteroatoms. The number of hydrogen-bond donors (Lipinski definition) is 4. The molecule has 0 unspecified atom stereocenters. The van der Waals surface area contributed by atoms with E-state index in [0.717, 1.165) is 12.1 Å². The van der Waals surface area contributed by atoms with Gasteiger partial charge in [-0.3, -0.25) is 9.59 Å². The number of carbonyl (C=O) groups is 1. The number of benzene rings is 2. The highest BCUT2D eigenvalue weighted by molar-refractivity contribution is 5.94. The van der Waals surface area contributed by atoms with Gasteiger partial charge in [0.1, 0.15) is 5.75 Å². The zero-order valence-corrected chi connectivity index (χ0v) is 17.1. The van der Waals surface area contributed by atoms with Crippen LogP contribution in [0.25, 0.3) is 16.6 Å². The maximum atomic E-state index is 12.6. The first-order valence-corrected chi connectivity index (χ1v) is 9.95. The molecule has 5 N–H and O–H groups in total. The summed E-state index contributed by atoms with van der Waals surface area (Å²) in [5, 5.41) is 13.4. The van der Waals surface area contributed by atoms with Gasteiger partial charge in [0.25, 0.3) is 11.5 Å². The number of aromatic amines is 1. The SMILES string of the molecule is CO[C@@H]1CCN(C(=O)c2ccc(N/C=C(\N)c3cc4cc(O)ccc4[nH]c3=O)cc2)C1. The smallest absolute Gasteiger partial charge is 0.257 e. The predicted octanol–water partition coefficient (Wildman–Crippen LogP) is 2.46. The minimum atomic E-state index is -0.324. The minimum Gasteiger partial charge on any atom is -0.508 e. The molecule has 2 heterocycles. The number of likely N-dealkylation sites (tertiary alicyclic amines) is 1. The summed E-state index contributed by atoms with van der Waals surface area (Å²) >= 11 is 0. The van der Waals surface area contributed by atoms with E-state index in [1.165, 1.54) is 12.3 Å². The first-order chi connectivity index (χ1) is 14.9. The van der Waals surface area contributed by atoms with Gasteiger partial charge in [-0.05, 0) is 55.0 Å². The first-order valence-electron chi connectivity index (χ1n) is 9.95. The van der Waals surface area contributed by atoms with Crippen LogP contribution in [0.3, 0.4) is 0 Å². The maximum Gasteiger partial charge on any atom is 0.257 e. The fraction of sp³-hybridized carbons (Fsp3) is 0.217. The summed E-state index contributed by atoms with van der Waals surface area (Å²) in [6.45, 7) is 1.29. The Bertz CT molecular complexity index is 1200. The van der Waals surface area contributed by atoms with Crippen molar-refractivity contribution >= 4 is 28.2 Å². The molecule has 4 rings (SSSR count). The van der Waals surface area contributed by atoms with Crippen LogP contribution >= 0.6 is 0 Å². The van der Waals surface area contributed by atoms with Gasteiger partial charge < -0.3 is 30.8 Å². The summed E-state index contributed by atoms with van der Waals surface area (Å²) in [4.78, 5) is 29.5. The van der Waals surface area contributed by atoms with Crippen LogP contribution in [0.4, 0.5) is 5.69 Å². The number of aromatic nitrogens is 1. The molecule has 3 aromatic rings. The Morgan fingerprint density at radius 1 is 1.26 bits per heavy atom. The van der Waals surface area contributed by atoms with Crippen LogP contribution in [0.5, 0.6) is 5.75 Å². The molecule has 1 aromatic heterocycles. The molecule has 0 aliphatic carbocycles. The zero-order chi connectivity index (χ0) is 22.0. The van der Waals surface area contributed by atoms with Crippen molar-refractivity contribution < 1.29 is 14.6 Å². The number of H-pyrrole nitrogens is 1. The lowest BCUT2D eigenvalue weighted by Crippen LogP contribution is -2.29. The Morgan fingerprint density at radius 2 is 2.03 bits per heavy atom. The van der Waals surface area contributed by atoms with E-state index in [-0.39, 0.29) is 29.0 Å². The highest BCUT2D eigenvalue weighted by Gasteiger charge is 2.26. The summed E-state index contributed by atoms with van der Waals surface area (Å²) in [7, 11) is 1.66. The Balaban J connectivity index is 1.47. The van der Waals surface area contributed by atoms with E-state index in [1.807, 2.05) is 0 Å². The second-order valence-electron chi connectivity index (χ2n) is 7.50. The number of phenolic OH excluding ortho intramolecular Hbond substituents is 1. The van der Waals surface area contributed by atoms with E-state index >= 15 is 0 Å². The minimum absolute atomic E-state index is 0.0212. The van der Waals surface area contributed by atoms with Crippen LogP contribution in [0.2, 0.25) is 0 Å². The number of nitrogens with two attached hydrogens (primary N) is 1. The average Bonchev–Trinajstić information content (AvgIpc) is 3.26. The van der Waals surface area contributed by atoms with Gasteiger partial charge in [0, 0.05) is 48.6 Å². The number of aromatic hydroxyl groups is 1. The van der Waals surface area contributed by atoms with Crippen LogP contribution in [0.1, 0.15) is 22.3 Å². The van der Waals surface area contributed by atoms with Crippen LogP contribution in [0, 0.1) is 0 Å². The van der Waals surface area contributed by atoms with Crippen molar-refractivity contribution in [3.63, 3.8) is 0 Å². The molecular weight excluding hydrogens is 396 g/mol. The van der Waals surface area contributed by atoms with Gasteiger partial charge in [0.15, 0.2) is 0 Å². The molecule has 1 aliphatic heterocycles. The Hall–Kier alpha value is -3.78. The Labute approximate surface area is 178 Å². The van der Waals surface area contributed by atoms with E-state index in [4.69, 9.17) is 10.5 Å². The van der Waals surface area contributed by atoms with Crippen LogP contribution < -0.4 is 16.6 Å². The number of amides is 1. The molecule has 160 valence electrons. The molecule has 0 radical (unpaired) electrons. The maximum absolute atomic E-state index is 12.6. The first kappa shape index (κ1) is 20.5. The summed E-state index contributed by atoms with van der Waals surface area (Å²) in [5.74, 6) is 0.0830. The molecule has 1 amide bonds. The van der Waals surface area contributed by atoms with Crippen molar-refractivity contribution in [3.05, 3.63) is 76.2 Å². The van der Waals surface area contributed by atoms with Gasteiger partial charge in [-0.15, -0.1) is 0 Å². The van der Waals surface area contributed by atoms with Crippen molar-refractivity contribution in [2.45, 2.75) is 12.5 Å². The van der Waals surface area contributed by atoms with Crippen molar-refractivity contribution in [1.29, 1.82) is 0 Å². The normalized spacial score (nSPS) is 16.6. The number of ether oxygens (including phenoxy) is 1. The third-order valence-corrected chi connectivity index (χ3v) is 5.43. The van der Waals surface area contributed by atoms with Gasteiger partial charge in [0.2, 0.25) is 0 Å². The number of nitrogens with zero attached hydrogens (tertiary/aromatic N) is 1. The highest BCUT2D eigenvalue weighted by atomic mass is 16.5. The molecule has 1 fully saturated rings. The second kappa shape index (κ2) is 8.53. The van der Waals surface area contributed by atoms with Gasteiger partial charge in [-0.1, -0.05) is 0 Å². The standard InChI is InChI=1S/C23H24N4O4/c1-31-18-8-9-27(13-18)23(30)14-2-4-16(5-3-14)25-12-20(24)19-11-15-10-17(28)6-7-21(15)26-22(19)29/h2-7,10-12,18,25,28H,8-9,13,24H2,1H3,(H,26,29)/b20-12-/t18-/m1/s1. The monoisotopic (exact) mass is 420 g/mol. The number of carbonyl (C=O) groups excluding carboxylic acids is 1. The molecule has 2 aromatic carbocycles. The molecule has 0 bridgehead atoms. The zero-order valence-electron chi connectivity index (χ0n) is 17.1. The third kappa shape index (κ3) is 4.39. The molecule has 1 aliphatic rings. The van der Waals surface area contributed by atoms with Crippen LogP contribution in [-0.4, -0.2) is 47.2 Å². The van der Waals surface area contributed by atoms with Gasteiger partial charge in [-0.25, -0.2) is 0 Å². The second-order valence-corrected chi connectivity index (χ2v) is 7.50. The number of phenols is 1. The van der Waals surface area contributed by atoms with Crippen LogP contribution in [-0.2, 0) is 4.74 Å². The number of anilines is 1. The number of nitrogens with one attached hydrogen (secondary N) is 2. The summed E-state index contributed by atoms with van der Waals surface area (Å²) in [6.07, 6.45) is 2.47. The lowest BCUT2D eigenvalue weighted by molar-refractivity contribution is 0.0724. The van der Waals surface area contributed by atoms with E-state index in [1.54, 1.807) is 54.5 Å². The Morgan fingerprint density at radius 3 is 2.74 bits per heavy atom. The van der Waals surface area contributed by atoms with Crippen molar-refractivity contribution in [3.8, 4) is 5.75 Å². The molecule has 1 atom stereocenters. The van der Waals surface area contributed by atoms with Gasteiger partial charge in [0.05, 0.1) is 17.4 Å². The summed E-state index contributed by atoms with van der Waals surface area (Å²) in [6, 6.07) is 13.4. The van der Waals surface area contributed by atoms with Gasteiger partial charge >= 0.3 is 0 Å². The summed E-state index contributed by atoms with van der Waals surface area (Å²) < 4.78 is 5.32. The molecular formula is C23H24N4O4. The lowest BCUT2D eigenvalue weighted by atomic mass is 10.1. The van der Waals surface area contributed by atoms with Gasteiger partial charge in [-0.2, -0.15) is 0 Å². The predicted molar refractivity (Wildman–Crippen MR) is 120 cm³/mol. The van der Waals surface area contributed by atoms with E-state index < -0.39 is 0 Å². The number of hydrogen-bond acceptors (Lipinski definition) is 6. The third-order valence-electron chi connectivity index (χ3n) is 5.43. The number of fused-ring (bicyclic) bond motifs is 1. The van der Waals surface area contributed by atoms with E-state index in [9.17, 15) is 14.7 Å². The fourth-order valence-electron chi connectivity index (χ4n) is 3.64. The fourth-order valence-corrected chi connectivity index (χ4v) is 3.64. The highest BCUT2D eigenvalue weighted by Crippen LogP contribution is 2.20.